The number of thiazole rings is 1. The molecule has 1 aliphatic heterocycles. The number of carbonyl (C=O) groups excluding carboxylic acids is 1. The fourth-order valence-corrected chi connectivity index (χ4v) is 4.52. The van der Waals surface area contributed by atoms with Crippen LogP contribution in [0.4, 0.5) is 0 Å². The van der Waals surface area contributed by atoms with Crippen molar-refractivity contribution >= 4 is 55.0 Å². The minimum atomic E-state index is 0.00372. The van der Waals surface area contributed by atoms with Gasteiger partial charge in [0.15, 0.2) is 0 Å². The van der Waals surface area contributed by atoms with Crippen LogP contribution in [0.1, 0.15) is 23.2 Å². The van der Waals surface area contributed by atoms with Crippen molar-refractivity contribution < 1.29 is 9.53 Å². The van der Waals surface area contributed by atoms with E-state index in [9.17, 15) is 4.79 Å². The van der Waals surface area contributed by atoms with E-state index in [-0.39, 0.29) is 12.0 Å². The largest absolute Gasteiger partial charge is 0.467 e. The molecule has 0 radical (unpaired) electrons. The Kier molecular flexibility index (Phi) is 5.11. The van der Waals surface area contributed by atoms with Crippen LogP contribution >= 0.6 is 38.9 Å². The zero-order chi connectivity index (χ0) is 18.1. The van der Waals surface area contributed by atoms with Crippen LogP contribution in [0, 0.1) is 0 Å². The average Bonchev–Trinajstić information content (AvgIpc) is 3.06. The highest BCUT2D eigenvalue weighted by Crippen LogP contribution is 2.33. The van der Waals surface area contributed by atoms with Gasteiger partial charge in [-0.25, -0.2) is 4.98 Å². The normalized spacial score (nSPS) is 15.4. The van der Waals surface area contributed by atoms with Crippen molar-refractivity contribution in [3.05, 3.63) is 51.7 Å². The number of likely N-dealkylation sites (tertiary alicyclic amines) is 1. The summed E-state index contributed by atoms with van der Waals surface area (Å²) in [7, 11) is 0. The summed E-state index contributed by atoms with van der Waals surface area (Å²) in [5.41, 5.74) is 1.38. The molecule has 26 heavy (non-hydrogen) atoms. The Labute approximate surface area is 168 Å². The van der Waals surface area contributed by atoms with Gasteiger partial charge in [-0.05, 0) is 34.1 Å². The van der Waals surface area contributed by atoms with Crippen LogP contribution in [0.25, 0.3) is 10.2 Å². The molecule has 1 fully saturated rings. The molecule has 0 N–H and O–H groups in total. The number of nitrogens with zero attached hydrogens (tertiary/aromatic N) is 3. The number of aromatic nitrogens is 2. The fraction of sp³-hybridized carbons (Fsp3) is 0.278. The van der Waals surface area contributed by atoms with Gasteiger partial charge < -0.3 is 9.64 Å². The van der Waals surface area contributed by atoms with Gasteiger partial charge in [-0.1, -0.05) is 29.0 Å². The van der Waals surface area contributed by atoms with Gasteiger partial charge in [0.25, 0.3) is 11.1 Å². The first-order valence-corrected chi connectivity index (χ1v) is 10.2. The van der Waals surface area contributed by atoms with Crippen LogP contribution in [0.15, 0.2) is 41.1 Å². The van der Waals surface area contributed by atoms with Crippen molar-refractivity contribution in [1.29, 1.82) is 0 Å². The fourth-order valence-electron chi connectivity index (χ4n) is 2.98. The molecule has 1 aliphatic rings. The van der Waals surface area contributed by atoms with Crippen LogP contribution in [0.5, 0.6) is 5.19 Å². The first-order chi connectivity index (χ1) is 12.6. The Morgan fingerprint density at radius 2 is 2.12 bits per heavy atom. The quantitative estimate of drug-likeness (QED) is 0.573. The molecule has 0 saturated carbocycles. The summed E-state index contributed by atoms with van der Waals surface area (Å²) < 4.78 is 7.86. The van der Waals surface area contributed by atoms with Crippen molar-refractivity contribution in [2.24, 2.45) is 0 Å². The van der Waals surface area contributed by atoms with Crippen LogP contribution in [-0.4, -0.2) is 40.0 Å². The third kappa shape index (κ3) is 3.70. The maximum atomic E-state index is 12.6. The van der Waals surface area contributed by atoms with Crippen LogP contribution in [0.3, 0.4) is 0 Å². The highest BCUT2D eigenvalue weighted by Gasteiger charge is 2.25. The van der Waals surface area contributed by atoms with Gasteiger partial charge in [0, 0.05) is 42.8 Å². The number of hydrogen-bond donors (Lipinski definition) is 0. The van der Waals surface area contributed by atoms with Gasteiger partial charge in [-0.2, -0.15) is 0 Å². The van der Waals surface area contributed by atoms with Crippen molar-refractivity contribution in [3.8, 4) is 5.19 Å². The predicted octanol–water partition coefficient (Wildman–Crippen LogP) is 4.79. The summed E-state index contributed by atoms with van der Waals surface area (Å²) in [6.07, 6.45) is 4.87. The molecule has 0 unspecified atom stereocenters. The number of hydrogen-bond acceptors (Lipinski definition) is 5. The van der Waals surface area contributed by atoms with E-state index < -0.39 is 0 Å². The zero-order valence-electron chi connectivity index (χ0n) is 13.7. The van der Waals surface area contributed by atoms with E-state index in [2.05, 4.69) is 25.9 Å². The molecule has 2 aromatic heterocycles. The number of rotatable bonds is 3. The van der Waals surface area contributed by atoms with E-state index in [1.807, 2.05) is 23.1 Å². The molecule has 0 bridgehead atoms. The Morgan fingerprint density at radius 3 is 2.85 bits per heavy atom. The van der Waals surface area contributed by atoms with Gasteiger partial charge in [0.1, 0.15) is 11.6 Å². The van der Waals surface area contributed by atoms with E-state index in [0.717, 1.165) is 27.5 Å². The number of amides is 1. The Bertz CT molecular complexity index is 957. The highest BCUT2D eigenvalue weighted by molar-refractivity contribution is 9.10. The maximum Gasteiger partial charge on any atom is 0.274 e. The molecule has 134 valence electrons. The zero-order valence-corrected chi connectivity index (χ0v) is 16.9. The lowest BCUT2D eigenvalue weighted by Crippen LogP contribution is -2.41. The lowest BCUT2D eigenvalue weighted by Gasteiger charge is -2.31. The molecule has 1 amide bonds. The van der Waals surface area contributed by atoms with Gasteiger partial charge in [-0.3, -0.25) is 9.78 Å². The standard InChI is InChI=1S/C18H15BrClN3O2S/c19-12-8-11(9-21-10-12)17(24)23-6-4-13(5-7-23)25-18-22-16-14(20)2-1-3-15(16)26-18/h1-3,8-10,13H,4-7H2. The molecular formula is C18H15BrClN3O2S. The molecule has 5 nitrogen and oxygen atoms in total. The van der Waals surface area contributed by atoms with Gasteiger partial charge in [0.2, 0.25) is 0 Å². The summed E-state index contributed by atoms with van der Waals surface area (Å²) in [4.78, 5) is 23.0. The first kappa shape index (κ1) is 17.7. The minimum absolute atomic E-state index is 0.00372. The summed E-state index contributed by atoms with van der Waals surface area (Å²) in [6, 6.07) is 7.52. The molecular weight excluding hydrogens is 438 g/mol. The lowest BCUT2D eigenvalue weighted by atomic mass is 10.1. The molecule has 0 aliphatic carbocycles. The van der Waals surface area contributed by atoms with E-state index in [4.69, 9.17) is 16.3 Å². The SMILES string of the molecule is O=C(c1cncc(Br)c1)N1CCC(Oc2nc3c(Cl)cccc3s2)CC1. The second kappa shape index (κ2) is 7.50. The van der Waals surface area contributed by atoms with Crippen molar-refractivity contribution in [3.63, 3.8) is 0 Å². The number of ether oxygens (including phenoxy) is 1. The lowest BCUT2D eigenvalue weighted by molar-refractivity contribution is 0.0595. The maximum absolute atomic E-state index is 12.6. The Morgan fingerprint density at radius 1 is 1.31 bits per heavy atom. The number of para-hydroxylation sites is 1. The van der Waals surface area contributed by atoms with E-state index in [1.165, 1.54) is 11.3 Å². The molecule has 8 heteroatoms. The summed E-state index contributed by atoms with van der Waals surface area (Å²) in [5.74, 6) is 0.00372. The van der Waals surface area contributed by atoms with Gasteiger partial charge in [-0.15, -0.1) is 0 Å². The average molecular weight is 453 g/mol. The number of halogens is 2. The Balaban J connectivity index is 1.38. The molecule has 0 spiro atoms. The molecule has 4 rings (SSSR count). The van der Waals surface area contributed by atoms with Crippen molar-refractivity contribution in [2.45, 2.75) is 18.9 Å². The molecule has 3 heterocycles. The van der Waals surface area contributed by atoms with Gasteiger partial charge in [0.05, 0.1) is 15.3 Å². The number of fused-ring (bicyclic) bond motifs is 1. The molecule has 0 atom stereocenters. The van der Waals surface area contributed by atoms with Crippen LogP contribution < -0.4 is 4.74 Å². The number of piperidine rings is 1. The van der Waals surface area contributed by atoms with Crippen LogP contribution in [-0.2, 0) is 0 Å². The second-order valence-electron chi connectivity index (χ2n) is 6.07. The predicted molar refractivity (Wildman–Crippen MR) is 106 cm³/mol. The summed E-state index contributed by atoms with van der Waals surface area (Å²) >= 11 is 11.0. The van der Waals surface area contributed by atoms with Crippen LogP contribution in [0.2, 0.25) is 5.02 Å². The van der Waals surface area contributed by atoms with E-state index in [1.54, 1.807) is 18.5 Å². The van der Waals surface area contributed by atoms with E-state index in [0.29, 0.717) is 28.9 Å². The van der Waals surface area contributed by atoms with Crippen molar-refractivity contribution in [2.75, 3.05) is 13.1 Å². The topological polar surface area (TPSA) is 55.3 Å². The third-order valence-electron chi connectivity index (χ3n) is 4.30. The second-order valence-corrected chi connectivity index (χ2v) is 8.38. The highest BCUT2D eigenvalue weighted by atomic mass is 79.9. The molecule has 1 aromatic carbocycles. The van der Waals surface area contributed by atoms with Gasteiger partial charge >= 0.3 is 0 Å². The Hall–Kier alpha value is -1.70. The summed E-state index contributed by atoms with van der Waals surface area (Å²) in [5, 5.41) is 1.27. The third-order valence-corrected chi connectivity index (χ3v) is 5.95. The summed E-state index contributed by atoms with van der Waals surface area (Å²) in [6.45, 7) is 1.31. The van der Waals surface area contributed by atoms with E-state index >= 15 is 0 Å². The molecule has 1 saturated heterocycles. The number of pyridine rings is 1. The minimum Gasteiger partial charge on any atom is -0.467 e. The van der Waals surface area contributed by atoms with Crippen molar-refractivity contribution in [1.82, 2.24) is 14.9 Å². The molecule has 3 aromatic rings. The smallest absolute Gasteiger partial charge is 0.274 e. The number of carbonyl (C=O) groups is 1. The monoisotopic (exact) mass is 451 g/mol. The number of benzene rings is 1. The first-order valence-electron chi connectivity index (χ1n) is 8.22.